The van der Waals surface area contributed by atoms with Crippen LogP contribution in [0.5, 0.6) is 0 Å². The van der Waals surface area contributed by atoms with Crippen molar-refractivity contribution in [3.8, 4) is 66.8 Å². The fourth-order valence-electron chi connectivity index (χ4n) is 16.0. The van der Waals surface area contributed by atoms with E-state index in [4.69, 9.17) is 0 Å². The molecule has 12 aromatic rings. The zero-order valence-corrected chi connectivity index (χ0v) is 56.0. The van der Waals surface area contributed by atoms with E-state index < -0.39 is 0 Å². The summed E-state index contributed by atoms with van der Waals surface area (Å²) >= 11 is 0. The van der Waals surface area contributed by atoms with Crippen LogP contribution in [0.4, 0.5) is 34.1 Å². The van der Waals surface area contributed by atoms with E-state index in [2.05, 4.69) is 346 Å². The fourth-order valence-corrected chi connectivity index (χ4v) is 16.0. The molecule has 0 aromatic heterocycles. The molecule has 0 bridgehead atoms. The summed E-state index contributed by atoms with van der Waals surface area (Å²) < 4.78 is 0. The van der Waals surface area contributed by atoms with Gasteiger partial charge in [-0.2, -0.15) is 0 Å². The van der Waals surface area contributed by atoms with Gasteiger partial charge in [-0.05, 0) is 260 Å². The Morgan fingerprint density at radius 3 is 0.892 bits per heavy atom. The topological polar surface area (TPSA) is 6.48 Å². The Labute approximate surface area is 554 Å². The second kappa shape index (κ2) is 24.7. The molecule has 0 heterocycles. The zero-order chi connectivity index (χ0) is 64.2. The quantitative estimate of drug-likeness (QED) is 0.0951. The van der Waals surface area contributed by atoms with E-state index in [1.165, 1.54) is 122 Å². The molecule has 0 fully saturated rings. The van der Waals surface area contributed by atoms with Gasteiger partial charge in [-0.3, -0.25) is 0 Å². The average Bonchev–Trinajstić information content (AvgIpc) is 1.53. The molecule has 14 rings (SSSR count). The van der Waals surface area contributed by atoms with Crippen LogP contribution in [0, 0.1) is 27.7 Å². The lowest BCUT2D eigenvalue weighted by Crippen LogP contribution is -2.27. The van der Waals surface area contributed by atoms with Gasteiger partial charge in [-0.15, -0.1) is 0 Å². The minimum Gasteiger partial charge on any atom is -0.310 e. The summed E-state index contributed by atoms with van der Waals surface area (Å²) in [6, 6.07) is 101. The summed E-state index contributed by atoms with van der Waals surface area (Å²) in [5.41, 5.74) is 35.2. The van der Waals surface area contributed by atoms with E-state index in [1.807, 2.05) is 0 Å². The van der Waals surface area contributed by atoms with Gasteiger partial charge in [0.15, 0.2) is 0 Å². The van der Waals surface area contributed by atoms with Crippen molar-refractivity contribution in [3.63, 3.8) is 0 Å². The molecule has 2 aliphatic carbocycles. The highest BCUT2D eigenvalue weighted by Crippen LogP contribution is 2.64. The monoisotopic (exact) mass is 1210 g/mol. The molecule has 0 atom stereocenters. The largest absolute Gasteiger partial charge is 0.310 e. The van der Waals surface area contributed by atoms with E-state index in [0.29, 0.717) is 0 Å². The van der Waals surface area contributed by atoms with Crippen LogP contribution in [-0.2, 0) is 29.1 Å². The van der Waals surface area contributed by atoms with Crippen molar-refractivity contribution in [2.45, 2.75) is 124 Å². The third kappa shape index (κ3) is 11.8. The number of fused-ring (bicyclic) bond motifs is 4. The maximum atomic E-state index is 2.59. The molecule has 0 amide bonds. The van der Waals surface area contributed by atoms with Gasteiger partial charge in [0.1, 0.15) is 0 Å². The lowest BCUT2D eigenvalue weighted by molar-refractivity contribution is 0.349. The van der Waals surface area contributed by atoms with Crippen molar-refractivity contribution in [2.75, 3.05) is 9.80 Å². The number of rotatable bonds is 16. The van der Waals surface area contributed by atoms with Gasteiger partial charge in [0.25, 0.3) is 0 Å². The number of benzene rings is 12. The van der Waals surface area contributed by atoms with Crippen LogP contribution in [0.25, 0.3) is 66.8 Å². The summed E-state index contributed by atoms with van der Waals surface area (Å²) in [4.78, 5) is 4.84. The third-order valence-corrected chi connectivity index (χ3v) is 20.4. The molecule has 0 N–H and O–H groups in total. The van der Waals surface area contributed by atoms with Crippen molar-refractivity contribution in [3.05, 3.63) is 323 Å². The summed E-state index contributed by atoms with van der Waals surface area (Å²) in [7, 11) is 0. The standard InChI is InChI=1S/C91H86N2/c1-11-15-65-21-25-67(26-22-65)69-29-39-77(40-30-69)92(79-43-33-71(34-44-79)73-19-13-17-61(3)53-73)81-47-49-83(63(5)55-81)75-37-51-85-87(57-75)91(59-89(85,7)8)60-90(9,10)86-52-38-76(58-88(86)91)84-50-48-82(56-64(84)6)93(80-45-35-72(36-46-80)74-20-14-18-62(4)54-74)78-41-31-70(32-42-78)68-27-23-66(16-12-2)24-28-68/h13-14,17-58H,11-12,15-16,59-60H2,1-10H3. The summed E-state index contributed by atoms with van der Waals surface area (Å²) in [5, 5.41) is 0. The first kappa shape index (κ1) is 60.8. The van der Waals surface area contributed by atoms with Crippen LogP contribution >= 0.6 is 0 Å². The normalized spacial score (nSPS) is 14.0. The minimum absolute atomic E-state index is 0.0133. The Morgan fingerprint density at radius 1 is 0.280 bits per heavy atom. The highest BCUT2D eigenvalue weighted by atomic mass is 15.1. The first-order valence-corrected chi connectivity index (χ1v) is 33.9. The van der Waals surface area contributed by atoms with Gasteiger partial charge in [0.05, 0.1) is 0 Å². The Bertz CT molecular complexity index is 4390. The molecular formula is C91H86N2. The zero-order valence-electron chi connectivity index (χ0n) is 56.0. The molecule has 2 nitrogen and oxygen atoms in total. The summed E-state index contributed by atoms with van der Waals surface area (Å²) in [6.07, 6.45) is 6.63. The molecular weight excluding hydrogens is 1120 g/mol. The van der Waals surface area contributed by atoms with Crippen LogP contribution in [0.1, 0.15) is 123 Å². The van der Waals surface area contributed by atoms with Gasteiger partial charge in [0, 0.05) is 39.5 Å². The van der Waals surface area contributed by atoms with E-state index in [-0.39, 0.29) is 16.2 Å². The van der Waals surface area contributed by atoms with Gasteiger partial charge in [-0.1, -0.05) is 248 Å². The average molecular weight is 1210 g/mol. The predicted molar refractivity (Wildman–Crippen MR) is 398 cm³/mol. The second-order valence-corrected chi connectivity index (χ2v) is 28.2. The van der Waals surface area contributed by atoms with Crippen LogP contribution in [0.2, 0.25) is 0 Å². The molecule has 2 aliphatic rings. The van der Waals surface area contributed by atoms with Gasteiger partial charge >= 0.3 is 0 Å². The molecule has 2 heteroatoms. The van der Waals surface area contributed by atoms with Crippen LogP contribution in [-0.4, -0.2) is 0 Å². The first-order chi connectivity index (χ1) is 45.0. The maximum Gasteiger partial charge on any atom is 0.0464 e. The van der Waals surface area contributed by atoms with Gasteiger partial charge < -0.3 is 9.80 Å². The molecule has 1 spiro atoms. The minimum atomic E-state index is -0.151. The molecule has 0 saturated carbocycles. The highest BCUT2D eigenvalue weighted by Gasteiger charge is 2.56. The Hall–Kier alpha value is -9.76. The van der Waals surface area contributed by atoms with Crippen molar-refractivity contribution < 1.29 is 0 Å². The molecule has 0 unspecified atom stereocenters. The Kier molecular flexibility index (Phi) is 16.1. The molecule has 460 valence electrons. The number of hydrogen-bond donors (Lipinski definition) is 0. The number of aryl methyl sites for hydroxylation is 6. The Balaban J connectivity index is 0.801. The molecule has 12 aromatic carbocycles. The second-order valence-electron chi connectivity index (χ2n) is 28.2. The van der Waals surface area contributed by atoms with Crippen LogP contribution in [0.3, 0.4) is 0 Å². The van der Waals surface area contributed by atoms with Crippen molar-refractivity contribution in [1.82, 2.24) is 0 Å². The number of hydrogen-bond acceptors (Lipinski definition) is 2. The van der Waals surface area contributed by atoms with Crippen LogP contribution in [0.15, 0.2) is 267 Å². The summed E-state index contributed by atoms with van der Waals surface area (Å²) in [5.74, 6) is 0. The van der Waals surface area contributed by atoms with Crippen LogP contribution < -0.4 is 9.80 Å². The Morgan fingerprint density at radius 2 is 0.581 bits per heavy atom. The molecule has 0 radical (unpaired) electrons. The third-order valence-electron chi connectivity index (χ3n) is 20.4. The smallest absolute Gasteiger partial charge is 0.0464 e. The predicted octanol–water partition coefficient (Wildman–Crippen LogP) is 25.4. The van der Waals surface area contributed by atoms with Crippen molar-refractivity contribution >= 4 is 34.1 Å². The van der Waals surface area contributed by atoms with Crippen molar-refractivity contribution in [1.29, 1.82) is 0 Å². The summed E-state index contributed by atoms with van der Waals surface area (Å²) in [6.45, 7) is 23.3. The SMILES string of the molecule is CCCc1ccc(-c2ccc(N(c3ccc(-c4cccc(C)c4)cc3)c3ccc(-c4ccc5c(c4)C4(CC5(C)C)CC(C)(C)c5ccc(-c6ccc(N(c7ccc(-c8ccc(CCC)cc8)cc7)c7ccc(-c8cccc(C)c8)cc7)cc6C)cc54)c(C)c3)cc2)cc1. The van der Waals surface area contributed by atoms with E-state index in [1.54, 1.807) is 0 Å². The lowest BCUT2D eigenvalue weighted by Gasteiger charge is -2.31. The van der Waals surface area contributed by atoms with E-state index >= 15 is 0 Å². The number of anilines is 6. The number of nitrogens with zero attached hydrogens (tertiary/aromatic N) is 2. The molecule has 0 saturated heterocycles. The van der Waals surface area contributed by atoms with Gasteiger partial charge in [-0.25, -0.2) is 0 Å². The molecule has 0 aliphatic heterocycles. The fraction of sp³-hybridized carbons (Fsp3) is 0.209. The molecule has 93 heavy (non-hydrogen) atoms. The van der Waals surface area contributed by atoms with E-state index in [0.717, 1.165) is 72.6 Å². The van der Waals surface area contributed by atoms with E-state index in [9.17, 15) is 0 Å². The van der Waals surface area contributed by atoms with Gasteiger partial charge in [0.2, 0.25) is 0 Å². The maximum absolute atomic E-state index is 2.59. The highest BCUT2D eigenvalue weighted by molar-refractivity contribution is 5.85. The first-order valence-electron chi connectivity index (χ1n) is 33.9. The lowest BCUT2D eigenvalue weighted by atomic mass is 9.72. The van der Waals surface area contributed by atoms with Crippen molar-refractivity contribution in [2.24, 2.45) is 0 Å².